The molecule has 3 rings (SSSR count). The highest BCUT2D eigenvalue weighted by atomic mass is 15.2. The molecule has 0 aromatic carbocycles. The van der Waals surface area contributed by atoms with Crippen molar-refractivity contribution in [2.24, 2.45) is 11.8 Å². The Balaban J connectivity index is 1.46. The third-order valence-corrected chi connectivity index (χ3v) is 4.75. The maximum Gasteiger partial charge on any atom is 0.0221 e. The lowest BCUT2D eigenvalue weighted by atomic mass is 10.1. The van der Waals surface area contributed by atoms with Crippen molar-refractivity contribution < 1.29 is 0 Å². The maximum atomic E-state index is 3.91. The number of nitrogens with zero attached hydrogens (tertiary/aromatic N) is 1. The van der Waals surface area contributed by atoms with Crippen molar-refractivity contribution in [3.8, 4) is 0 Å². The standard InChI is InChI=1S/C14H26N2/c1-2-16-9-3-4-13(16)10-15-14(11-5-6-11)12-7-8-12/h11-15H,2-10H2,1H3. The summed E-state index contributed by atoms with van der Waals surface area (Å²) in [6.45, 7) is 6.13. The number of rotatable bonds is 6. The van der Waals surface area contributed by atoms with E-state index < -0.39 is 0 Å². The Kier molecular flexibility index (Phi) is 3.21. The molecule has 0 spiro atoms. The molecule has 3 fully saturated rings. The van der Waals surface area contributed by atoms with Crippen molar-refractivity contribution in [1.29, 1.82) is 0 Å². The van der Waals surface area contributed by atoms with Gasteiger partial charge in [0.15, 0.2) is 0 Å². The molecule has 0 bridgehead atoms. The Morgan fingerprint density at radius 3 is 2.38 bits per heavy atom. The van der Waals surface area contributed by atoms with Crippen molar-refractivity contribution in [3.05, 3.63) is 0 Å². The smallest absolute Gasteiger partial charge is 0.0221 e. The monoisotopic (exact) mass is 222 g/mol. The summed E-state index contributed by atoms with van der Waals surface area (Å²) in [5.41, 5.74) is 0. The molecule has 92 valence electrons. The first-order chi connectivity index (χ1) is 7.88. The van der Waals surface area contributed by atoms with Gasteiger partial charge in [0.2, 0.25) is 0 Å². The first-order valence-corrected chi connectivity index (χ1v) is 7.36. The van der Waals surface area contributed by atoms with Crippen LogP contribution >= 0.6 is 0 Å². The van der Waals surface area contributed by atoms with Gasteiger partial charge in [0.25, 0.3) is 0 Å². The van der Waals surface area contributed by atoms with Gasteiger partial charge in [-0.3, -0.25) is 4.90 Å². The second-order valence-electron chi connectivity index (χ2n) is 6.03. The normalized spacial score (nSPS) is 31.5. The van der Waals surface area contributed by atoms with Crippen molar-refractivity contribution in [1.82, 2.24) is 10.2 Å². The highest BCUT2D eigenvalue weighted by Crippen LogP contribution is 2.44. The van der Waals surface area contributed by atoms with Crippen LogP contribution in [0.5, 0.6) is 0 Å². The number of hydrogen-bond donors (Lipinski definition) is 1. The predicted molar refractivity (Wildman–Crippen MR) is 67.5 cm³/mol. The van der Waals surface area contributed by atoms with Crippen LogP contribution < -0.4 is 5.32 Å². The Bertz CT molecular complexity index is 221. The summed E-state index contributed by atoms with van der Waals surface area (Å²) < 4.78 is 0. The lowest BCUT2D eigenvalue weighted by molar-refractivity contribution is 0.246. The van der Waals surface area contributed by atoms with E-state index in [1.54, 1.807) is 0 Å². The summed E-state index contributed by atoms with van der Waals surface area (Å²) in [5, 5.41) is 3.91. The fourth-order valence-electron chi connectivity index (χ4n) is 3.44. The van der Waals surface area contributed by atoms with Gasteiger partial charge in [0, 0.05) is 18.6 Å². The molecule has 1 aliphatic heterocycles. The van der Waals surface area contributed by atoms with Crippen LogP contribution in [0.15, 0.2) is 0 Å². The molecule has 2 saturated carbocycles. The van der Waals surface area contributed by atoms with Crippen LogP contribution in [0.4, 0.5) is 0 Å². The van der Waals surface area contributed by atoms with Crippen LogP contribution in [0.1, 0.15) is 45.4 Å². The van der Waals surface area contributed by atoms with E-state index in [4.69, 9.17) is 0 Å². The Morgan fingerprint density at radius 1 is 1.12 bits per heavy atom. The van der Waals surface area contributed by atoms with E-state index in [1.807, 2.05) is 0 Å². The molecular formula is C14H26N2. The van der Waals surface area contributed by atoms with E-state index in [0.29, 0.717) is 0 Å². The van der Waals surface area contributed by atoms with Gasteiger partial charge < -0.3 is 5.32 Å². The average Bonchev–Trinajstić information content (AvgIpc) is 3.19. The molecule has 2 heteroatoms. The van der Waals surface area contributed by atoms with E-state index in [1.165, 1.54) is 58.2 Å². The van der Waals surface area contributed by atoms with Crippen LogP contribution in [0.2, 0.25) is 0 Å². The van der Waals surface area contributed by atoms with Gasteiger partial charge in [-0.25, -0.2) is 0 Å². The van der Waals surface area contributed by atoms with E-state index in [9.17, 15) is 0 Å². The van der Waals surface area contributed by atoms with E-state index in [-0.39, 0.29) is 0 Å². The summed E-state index contributed by atoms with van der Waals surface area (Å²) in [6, 6.07) is 1.73. The van der Waals surface area contributed by atoms with Crippen LogP contribution in [-0.2, 0) is 0 Å². The minimum Gasteiger partial charge on any atom is -0.312 e. The summed E-state index contributed by atoms with van der Waals surface area (Å²) in [5.74, 6) is 2.09. The maximum absolute atomic E-state index is 3.91. The van der Waals surface area contributed by atoms with Gasteiger partial charge in [-0.2, -0.15) is 0 Å². The molecule has 1 atom stereocenters. The summed E-state index contributed by atoms with van der Waals surface area (Å²) in [4.78, 5) is 2.66. The zero-order valence-electron chi connectivity index (χ0n) is 10.6. The van der Waals surface area contributed by atoms with Crippen LogP contribution in [0.25, 0.3) is 0 Å². The van der Waals surface area contributed by atoms with Crippen molar-refractivity contribution in [2.45, 2.75) is 57.5 Å². The fraction of sp³-hybridized carbons (Fsp3) is 1.00. The number of nitrogens with one attached hydrogen (secondary N) is 1. The lowest BCUT2D eigenvalue weighted by Crippen LogP contribution is -2.43. The Labute approximate surface area is 99.8 Å². The largest absolute Gasteiger partial charge is 0.312 e. The molecule has 3 aliphatic rings. The quantitative estimate of drug-likeness (QED) is 0.741. The third-order valence-electron chi connectivity index (χ3n) is 4.75. The Hall–Kier alpha value is -0.0800. The molecular weight excluding hydrogens is 196 g/mol. The van der Waals surface area contributed by atoms with E-state index in [0.717, 1.165) is 23.9 Å². The highest BCUT2D eigenvalue weighted by molar-refractivity contribution is 4.97. The highest BCUT2D eigenvalue weighted by Gasteiger charge is 2.41. The molecule has 16 heavy (non-hydrogen) atoms. The van der Waals surface area contributed by atoms with Gasteiger partial charge in [-0.15, -0.1) is 0 Å². The molecule has 1 saturated heterocycles. The molecule has 0 amide bonds. The number of likely N-dealkylation sites (N-methyl/N-ethyl adjacent to an activating group) is 1. The first kappa shape index (κ1) is 11.0. The van der Waals surface area contributed by atoms with Gasteiger partial charge in [0.05, 0.1) is 0 Å². The minimum absolute atomic E-state index is 0.838. The summed E-state index contributed by atoms with van der Waals surface area (Å²) >= 11 is 0. The minimum atomic E-state index is 0.838. The van der Waals surface area contributed by atoms with E-state index >= 15 is 0 Å². The second-order valence-corrected chi connectivity index (χ2v) is 6.03. The molecule has 1 heterocycles. The lowest BCUT2D eigenvalue weighted by Gasteiger charge is -2.26. The van der Waals surface area contributed by atoms with Gasteiger partial charge in [-0.1, -0.05) is 6.92 Å². The summed E-state index contributed by atoms with van der Waals surface area (Å²) in [6.07, 6.45) is 8.82. The molecule has 0 radical (unpaired) electrons. The van der Waals surface area contributed by atoms with Crippen molar-refractivity contribution >= 4 is 0 Å². The topological polar surface area (TPSA) is 15.3 Å². The zero-order valence-corrected chi connectivity index (χ0v) is 10.6. The molecule has 2 aliphatic carbocycles. The van der Waals surface area contributed by atoms with E-state index in [2.05, 4.69) is 17.1 Å². The zero-order chi connectivity index (χ0) is 11.0. The molecule has 1 N–H and O–H groups in total. The van der Waals surface area contributed by atoms with Gasteiger partial charge in [-0.05, 0) is 63.5 Å². The van der Waals surface area contributed by atoms with Crippen LogP contribution in [0, 0.1) is 11.8 Å². The van der Waals surface area contributed by atoms with Gasteiger partial charge >= 0.3 is 0 Å². The van der Waals surface area contributed by atoms with Gasteiger partial charge in [0.1, 0.15) is 0 Å². The van der Waals surface area contributed by atoms with Crippen molar-refractivity contribution in [3.63, 3.8) is 0 Å². The van der Waals surface area contributed by atoms with Crippen LogP contribution in [-0.4, -0.2) is 36.6 Å². The third kappa shape index (κ3) is 2.43. The fourth-order valence-corrected chi connectivity index (χ4v) is 3.44. The Morgan fingerprint density at radius 2 is 1.81 bits per heavy atom. The molecule has 2 nitrogen and oxygen atoms in total. The van der Waals surface area contributed by atoms with Crippen LogP contribution in [0.3, 0.4) is 0 Å². The number of likely N-dealkylation sites (tertiary alicyclic amines) is 1. The molecule has 0 aromatic rings. The SMILES string of the molecule is CCN1CCCC1CNC(C1CC1)C1CC1. The predicted octanol–water partition coefficient (Wildman–Crippen LogP) is 2.25. The second kappa shape index (κ2) is 4.66. The molecule has 0 aromatic heterocycles. The molecule has 1 unspecified atom stereocenters. The van der Waals surface area contributed by atoms with Crippen molar-refractivity contribution in [2.75, 3.05) is 19.6 Å². The first-order valence-electron chi connectivity index (χ1n) is 7.36. The average molecular weight is 222 g/mol. The summed E-state index contributed by atoms with van der Waals surface area (Å²) in [7, 11) is 0. The number of hydrogen-bond acceptors (Lipinski definition) is 2.